The fraction of sp³-hybridized carbons (Fsp3) is 0. The maximum atomic E-state index is 5.95. The molecule has 3 aromatic rings. The second-order valence-electron chi connectivity index (χ2n) is 4.12. The summed E-state index contributed by atoms with van der Waals surface area (Å²) in [4.78, 5) is 7.60. The lowest BCUT2D eigenvalue weighted by Gasteiger charge is -2.03. The van der Waals surface area contributed by atoms with Crippen LogP contribution in [0.1, 0.15) is 0 Å². The summed E-state index contributed by atoms with van der Waals surface area (Å²) in [5.74, 6) is 0.662. The van der Waals surface area contributed by atoms with Crippen molar-refractivity contribution >= 4 is 55.9 Å². The number of fused-ring (bicyclic) bond motifs is 1. The van der Waals surface area contributed by atoms with E-state index < -0.39 is 0 Å². The van der Waals surface area contributed by atoms with Crippen LogP contribution in [-0.2, 0) is 0 Å². The van der Waals surface area contributed by atoms with Crippen molar-refractivity contribution in [2.75, 3.05) is 11.1 Å². The average molecular weight is 338 g/mol. The quantitative estimate of drug-likeness (QED) is 0.611. The summed E-state index contributed by atoms with van der Waals surface area (Å²) in [7, 11) is 0. The summed E-state index contributed by atoms with van der Waals surface area (Å²) < 4.78 is 0.833. The zero-order valence-electron chi connectivity index (χ0n) is 9.74. The number of nitrogens with zero attached hydrogens (tertiary/aromatic N) is 1. The summed E-state index contributed by atoms with van der Waals surface area (Å²) in [6, 6.07) is 11.1. The van der Waals surface area contributed by atoms with E-state index in [0.717, 1.165) is 21.2 Å². The highest BCUT2D eigenvalue weighted by Gasteiger charge is 2.04. The molecule has 0 atom stereocenters. The Labute approximate surface area is 123 Å². The van der Waals surface area contributed by atoms with E-state index in [1.807, 2.05) is 36.4 Å². The SMILES string of the molecule is Nc1ccc2nc(Nc3ccc(Cl)c(Br)c3)[nH]c2c1. The Kier molecular flexibility index (Phi) is 3.08. The van der Waals surface area contributed by atoms with Crippen molar-refractivity contribution in [2.24, 2.45) is 0 Å². The number of H-pyrrole nitrogens is 1. The Bertz CT molecular complexity index is 753. The molecular formula is C13H10BrClN4. The molecule has 0 amide bonds. The zero-order valence-corrected chi connectivity index (χ0v) is 12.1. The highest BCUT2D eigenvalue weighted by Crippen LogP contribution is 2.27. The summed E-state index contributed by atoms with van der Waals surface area (Å²) in [6.07, 6.45) is 0. The monoisotopic (exact) mass is 336 g/mol. The molecule has 0 radical (unpaired) electrons. The van der Waals surface area contributed by atoms with Gasteiger partial charge in [-0.05, 0) is 52.3 Å². The second-order valence-corrected chi connectivity index (χ2v) is 5.38. The topological polar surface area (TPSA) is 66.7 Å². The van der Waals surface area contributed by atoms with Gasteiger partial charge in [0.1, 0.15) is 0 Å². The van der Waals surface area contributed by atoms with E-state index in [2.05, 4.69) is 31.2 Å². The first-order chi connectivity index (χ1) is 9.11. The summed E-state index contributed by atoms with van der Waals surface area (Å²) >= 11 is 9.34. The standard InChI is InChI=1S/C13H10BrClN4/c14-9-6-8(2-3-10(9)15)17-13-18-11-4-1-7(16)5-12(11)19-13/h1-6H,16H2,(H2,17,18,19). The second kappa shape index (κ2) is 4.75. The molecule has 0 unspecified atom stereocenters. The van der Waals surface area contributed by atoms with Crippen LogP contribution < -0.4 is 11.1 Å². The van der Waals surface area contributed by atoms with E-state index in [4.69, 9.17) is 17.3 Å². The highest BCUT2D eigenvalue weighted by molar-refractivity contribution is 9.10. The molecule has 0 aliphatic carbocycles. The molecule has 1 aromatic heterocycles. The van der Waals surface area contributed by atoms with Crippen LogP contribution in [0.15, 0.2) is 40.9 Å². The van der Waals surface area contributed by atoms with Crippen molar-refractivity contribution in [3.63, 3.8) is 0 Å². The molecule has 0 bridgehead atoms. The van der Waals surface area contributed by atoms with Crippen LogP contribution in [-0.4, -0.2) is 9.97 Å². The Hall–Kier alpha value is -1.72. The van der Waals surface area contributed by atoms with Gasteiger partial charge >= 0.3 is 0 Å². The number of anilines is 3. The molecule has 96 valence electrons. The molecule has 4 N–H and O–H groups in total. The number of nitrogens with one attached hydrogen (secondary N) is 2. The van der Waals surface area contributed by atoms with Gasteiger partial charge < -0.3 is 16.0 Å². The van der Waals surface area contributed by atoms with Crippen LogP contribution >= 0.6 is 27.5 Å². The van der Waals surface area contributed by atoms with Gasteiger partial charge in [-0.2, -0.15) is 0 Å². The summed E-state index contributed by atoms with van der Waals surface area (Å²) in [5, 5.41) is 3.85. The Morgan fingerprint density at radius 3 is 2.84 bits per heavy atom. The molecule has 1 heterocycles. The number of nitrogen functional groups attached to an aromatic ring is 1. The number of aromatic amines is 1. The minimum atomic E-state index is 0.662. The third-order valence-corrected chi connectivity index (χ3v) is 3.90. The number of benzene rings is 2. The van der Waals surface area contributed by atoms with Gasteiger partial charge in [0.2, 0.25) is 5.95 Å². The zero-order chi connectivity index (χ0) is 13.4. The number of nitrogens with two attached hydrogens (primary N) is 1. The van der Waals surface area contributed by atoms with Crippen LogP contribution in [0.4, 0.5) is 17.3 Å². The highest BCUT2D eigenvalue weighted by atomic mass is 79.9. The maximum Gasteiger partial charge on any atom is 0.205 e. The third-order valence-electron chi connectivity index (χ3n) is 2.69. The molecule has 0 fully saturated rings. The molecule has 3 rings (SSSR count). The van der Waals surface area contributed by atoms with Gasteiger partial charge in [0.25, 0.3) is 0 Å². The van der Waals surface area contributed by atoms with E-state index in [0.29, 0.717) is 16.7 Å². The van der Waals surface area contributed by atoms with Crippen LogP contribution in [0, 0.1) is 0 Å². The Morgan fingerprint density at radius 1 is 1.21 bits per heavy atom. The van der Waals surface area contributed by atoms with Gasteiger partial charge in [0, 0.05) is 15.8 Å². The maximum absolute atomic E-state index is 5.95. The lowest BCUT2D eigenvalue weighted by molar-refractivity contribution is 1.31. The third kappa shape index (κ3) is 2.52. The molecular weight excluding hydrogens is 328 g/mol. The first kappa shape index (κ1) is 12.3. The number of rotatable bonds is 2. The van der Waals surface area contributed by atoms with Crippen molar-refractivity contribution in [3.05, 3.63) is 45.9 Å². The van der Waals surface area contributed by atoms with Crippen LogP contribution in [0.25, 0.3) is 11.0 Å². The average Bonchev–Trinajstić information content (AvgIpc) is 2.75. The van der Waals surface area contributed by atoms with Crippen molar-refractivity contribution in [1.82, 2.24) is 9.97 Å². The van der Waals surface area contributed by atoms with E-state index in [-0.39, 0.29) is 0 Å². The van der Waals surface area contributed by atoms with Gasteiger partial charge in [-0.1, -0.05) is 11.6 Å². The first-order valence-corrected chi connectivity index (χ1v) is 6.76. The smallest absolute Gasteiger partial charge is 0.205 e. The van der Waals surface area contributed by atoms with Gasteiger partial charge in [0.15, 0.2) is 0 Å². The van der Waals surface area contributed by atoms with Gasteiger partial charge in [-0.15, -0.1) is 0 Å². The van der Waals surface area contributed by atoms with Crippen molar-refractivity contribution in [2.45, 2.75) is 0 Å². The van der Waals surface area contributed by atoms with Gasteiger partial charge in [-0.3, -0.25) is 0 Å². The lowest BCUT2D eigenvalue weighted by Crippen LogP contribution is -1.91. The predicted molar refractivity (Wildman–Crippen MR) is 82.9 cm³/mol. The van der Waals surface area contributed by atoms with E-state index in [9.17, 15) is 0 Å². The molecule has 0 aliphatic heterocycles. The van der Waals surface area contributed by atoms with Gasteiger partial charge in [-0.25, -0.2) is 4.98 Å². The molecule has 0 aliphatic rings. The number of hydrogen-bond donors (Lipinski definition) is 3. The lowest BCUT2D eigenvalue weighted by atomic mass is 10.3. The minimum Gasteiger partial charge on any atom is -0.399 e. The predicted octanol–water partition coefficient (Wildman–Crippen LogP) is 4.30. The molecule has 2 aromatic carbocycles. The molecule has 0 saturated heterocycles. The number of hydrogen-bond acceptors (Lipinski definition) is 3. The molecule has 6 heteroatoms. The fourth-order valence-corrected chi connectivity index (χ4v) is 2.29. The van der Waals surface area contributed by atoms with E-state index in [1.165, 1.54) is 0 Å². The van der Waals surface area contributed by atoms with Crippen molar-refractivity contribution in [3.8, 4) is 0 Å². The number of aromatic nitrogens is 2. The van der Waals surface area contributed by atoms with Gasteiger partial charge in [0.05, 0.1) is 16.1 Å². The normalized spacial score (nSPS) is 10.8. The summed E-state index contributed by atoms with van der Waals surface area (Å²) in [5.41, 5.74) is 9.09. The Morgan fingerprint density at radius 2 is 2.05 bits per heavy atom. The van der Waals surface area contributed by atoms with Crippen LogP contribution in [0.3, 0.4) is 0 Å². The van der Waals surface area contributed by atoms with Crippen LogP contribution in [0.2, 0.25) is 5.02 Å². The number of halogens is 2. The number of imidazole rings is 1. The molecule has 19 heavy (non-hydrogen) atoms. The molecule has 0 saturated carbocycles. The molecule has 4 nitrogen and oxygen atoms in total. The van der Waals surface area contributed by atoms with Crippen molar-refractivity contribution < 1.29 is 0 Å². The van der Waals surface area contributed by atoms with E-state index in [1.54, 1.807) is 0 Å². The largest absolute Gasteiger partial charge is 0.399 e. The minimum absolute atomic E-state index is 0.662. The van der Waals surface area contributed by atoms with Crippen LogP contribution in [0.5, 0.6) is 0 Å². The molecule has 0 spiro atoms. The Balaban J connectivity index is 1.94. The summed E-state index contributed by atoms with van der Waals surface area (Å²) in [6.45, 7) is 0. The first-order valence-electron chi connectivity index (χ1n) is 5.59. The fourth-order valence-electron chi connectivity index (χ4n) is 1.80. The van der Waals surface area contributed by atoms with Crippen molar-refractivity contribution in [1.29, 1.82) is 0 Å². The van der Waals surface area contributed by atoms with E-state index >= 15 is 0 Å².